The Labute approximate surface area is 320 Å². The van der Waals surface area contributed by atoms with Crippen molar-refractivity contribution in [1.29, 1.82) is 0 Å². The number of fused-ring (bicyclic) bond motifs is 2. The first-order valence-electron chi connectivity index (χ1n) is 18.9. The van der Waals surface area contributed by atoms with E-state index in [1.165, 1.54) is 0 Å². The van der Waals surface area contributed by atoms with Gasteiger partial charge in [0.15, 0.2) is 11.5 Å². The van der Waals surface area contributed by atoms with Crippen LogP contribution in [0.1, 0.15) is 48.2 Å². The minimum Gasteiger partial charge on any atom is -0.493 e. The number of carbonyl (C=O) groups excluding carboxylic acids is 4. The second-order valence-electron chi connectivity index (χ2n) is 15.1. The lowest BCUT2D eigenvalue weighted by Gasteiger charge is -2.41. The second kappa shape index (κ2) is 16.1. The molecule has 4 unspecified atom stereocenters. The lowest BCUT2D eigenvalue weighted by Crippen LogP contribution is -2.56. The molecule has 12 heteroatoms. The highest BCUT2D eigenvalue weighted by atomic mass is 35.5. The van der Waals surface area contributed by atoms with Gasteiger partial charge in [-0.15, -0.1) is 0 Å². The molecule has 4 aromatic rings. The number of nitrogens with zero attached hydrogens (tertiary/aromatic N) is 3. The maximum atomic E-state index is 14.3. The van der Waals surface area contributed by atoms with Crippen molar-refractivity contribution in [2.75, 3.05) is 46.4 Å². The first kappa shape index (κ1) is 37.3. The fourth-order valence-corrected chi connectivity index (χ4v) is 8.52. The molecule has 4 atom stereocenters. The molecule has 3 fully saturated rings. The van der Waals surface area contributed by atoms with Crippen molar-refractivity contribution in [2.24, 2.45) is 17.8 Å². The van der Waals surface area contributed by atoms with Crippen LogP contribution in [-0.4, -0.2) is 102 Å². The van der Waals surface area contributed by atoms with E-state index in [9.17, 15) is 19.2 Å². The molecule has 0 aliphatic carbocycles. The van der Waals surface area contributed by atoms with Crippen molar-refractivity contribution >= 4 is 46.1 Å². The first-order chi connectivity index (χ1) is 26.1. The molecule has 11 nitrogen and oxygen atoms in total. The van der Waals surface area contributed by atoms with Gasteiger partial charge in [0.25, 0.3) is 5.91 Å². The summed E-state index contributed by atoms with van der Waals surface area (Å²) in [5.41, 5.74) is 3.15. The van der Waals surface area contributed by atoms with E-state index < -0.39 is 5.92 Å². The SMILES string of the molecule is COc1cc(C(=O)N2CC3CN(C(=O)Cc4c[nH]c5cc(Cl)ccc45)CC(C(=O)NC4CCCN(C(=O)Cc5ccccc5)C4)C3C2)ccc1OC(C)C. The summed E-state index contributed by atoms with van der Waals surface area (Å²) in [6.07, 6.45) is 3.81. The van der Waals surface area contributed by atoms with Gasteiger partial charge in [-0.25, -0.2) is 0 Å². The van der Waals surface area contributed by atoms with E-state index >= 15 is 0 Å². The molecular formula is C42H48ClN5O6. The Morgan fingerprint density at radius 2 is 1.65 bits per heavy atom. The summed E-state index contributed by atoms with van der Waals surface area (Å²) in [4.78, 5) is 64.2. The van der Waals surface area contributed by atoms with Crippen molar-refractivity contribution in [2.45, 2.75) is 51.7 Å². The van der Waals surface area contributed by atoms with Crippen LogP contribution in [0, 0.1) is 17.8 Å². The zero-order valence-corrected chi connectivity index (χ0v) is 31.8. The Morgan fingerprint density at radius 3 is 2.43 bits per heavy atom. The molecular weight excluding hydrogens is 706 g/mol. The molecule has 3 saturated heterocycles. The number of piperidine rings is 2. The van der Waals surface area contributed by atoms with Crippen LogP contribution in [0.4, 0.5) is 0 Å². The number of likely N-dealkylation sites (tertiary alicyclic amines) is 3. The molecule has 3 aliphatic rings. The molecule has 0 bridgehead atoms. The number of nitrogens with one attached hydrogen (secondary N) is 2. The predicted octanol–water partition coefficient (Wildman–Crippen LogP) is 5.36. The highest BCUT2D eigenvalue weighted by Gasteiger charge is 2.48. The molecule has 1 aromatic heterocycles. The Hall–Kier alpha value is -5.03. The molecule has 54 heavy (non-hydrogen) atoms. The van der Waals surface area contributed by atoms with Crippen molar-refractivity contribution in [3.8, 4) is 11.5 Å². The fraction of sp³-hybridized carbons (Fsp3) is 0.429. The number of methoxy groups -OCH3 is 1. The van der Waals surface area contributed by atoms with Gasteiger partial charge in [-0.2, -0.15) is 0 Å². The van der Waals surface area contributed by atoms with Crippen molar-refractivity contribution in [3.63, 3.8) is 0 Å². The van der Waals surface area contributed by atoms with Crippen LogP contribution in [0.5, 0.6) is 11.5 Å². The van der Waals surface area contributed by atoms with Gasteiger partial charge in [-0.3, -0.25) is 19.2 Å². The van der Waals surface area contributed by atoms with Crippen molar-refractivity contribution in [1.82, 2.24) is 25.0 Å². The molecule has 0 spiro atoms. The van der Waals surface area contributed by atoms with Gasteiger partial charge < -0.3 is 34.5 Å². The predicted molar refractivity (Wildman–Crippen MR) is 207 cm³/mol. The Bertz CT molecular complexity index is 2020. The van der Waals surface area contributed by atoms with Crippen LogP contribution >= 0.6 is 11.6 Å². The number of rotatable bonds is 10. The molecule has 0 radical (unpaired) electrons. The van der Waals surface area contributed by atoms with Crippen LogP contribution in [0.15, 0.2) is 72.9 Å². The number of aromatic nitrogens is 1. The number of halogens is 1. The summed E-state index contributed by atoms with van der Waals surface area (Å²) < 4.78 is 11.4. The van der Waals surface area contributed by atoms with E-state index in [0.29, 0.717) is 61.2 Å². The minimum absolute atomic E-state index is 0.0413. The second-order valence-corrected chi connectivity index (χ2v) is 15.5. The maximum Gasteiger partial charge on any atom is 0.254 e. The number of hydrogen-bond acceptors (Lipinski definition) is 6. The number of aromatic amines is 1. The van der Waals surface area contributed by atoms with E-state index in [0.717, 1.165) is 34.9 Å². The third-order valence-corrected chi connectivity index (χ3v) is 11.3. The number of benzene rings is 3. The van der Waals surface area contributed by atoms with Gasteiger partial charge in [-0.1, -0.05) is 48.0 Å². The standard InChI is InChI=1S/C42H48ClN5O6/c1-26(2)54-37-14-11-28(17-38(37)53-3)42(52)48-22-30-21-47(40(50)18-29-20-44-36-19-31(43)12-13-33(29)36)25-35(34(30)24-48)41(51)45-32-10-7-15-46(23-32)39(49)16-27-8-5-4-6-9-27/h4-6,8-9,11-14,17,19-20,26,30,32,34-35,44H,7,10,15-16,18,21-25H2,1-3H3,(H,45,51). The molecule has 4 amide bonds. The molecule has 2 N–H and O–H groups in total. The number of carbonyl (C=O) groups is 4. The third-order valence-electron chi connectivity index (χ3n) is 11.0. The van der Waals surface area contributed by atoms with E-state index in [-0.39, 0.29) is 60.6 Å². The lowest BCUT2D eigenvalue weighted by molar-refractivity contribution is -0.140. The highest BCUT2D eigenvalue weighted by Crippen LogP contribution is 2.38. The van der Waals surface area contributed by atoms with Crippen LogP contribution in [0.25, 0.3) is 10.9 Å². The molecule has 284 valence electrons. The van der Waals surface area contributed by atoms with Crippen LogP contribution in [-0.2, 0) is 27.2 Å². The molecule has 3 aliphatic heterocycles. The summed E-state index contributed by atoms with van der Waals surface area (Å²) in [6, 6.07) is 20.2. The van der Waals surface area contributed by atoms with E-state index in [2.05, 4.69) is 10.3 Å². The van der Waals surface area contributed by atoms with E-state index in [4.69, 9.17) is 21.1 Å². The Morgan fingerprint density at radius 1 is 0.870 bits per heavy atom. The van der Waals surface area contributed by atoms with E-state index in [1.807, 2.05) is 73.5 Å². The largest absolute Gasteiger partial charge is 0.493 e. The number of amides is 4. The van der Waals surface area contributed by atoms with Crippen molar-refractivity contribution in [3.05, 3.63) is 94.6 Å². The van der Waals surface area contributed by atoms with Gasteiger partial charge in [0.2, 0.25) is 17.7 Å². The normalized spacial score (nSPS) is 21.2. The van der Waals surface area contributed by atoms with Crippen LogP contribution in [0.3, 0.4) is 0 Å². The number of hydrogen-bond donors (Lipinski definition) is 2. The van der Waals surface area contributed by atoms with E-state index in [1.54, 1.807) is 35.1 Å². The number of H-pyrrole nitrogens is 1. The number of ether oxygens (including phenoxy) is 2. The highest BCUT2D eigenvalue weighted by molar-refractivity contribution is 6.31. The third kappa shape index (κ3) is 8.21. The topological polar surface area (TPSA) is 124 Å². The molecule has 4 heterocycles. The summed E-state index contributed by atoms with van der Waals surface area (Å²) in [7, 11) is 1.55. The van der Waals surface area contributed by atoms with Crippen molar-refractivity contribution < 1.29 is 28.7 Å². The summed E-state index contributed by atoms with van der Waals surface area (Å²) >= 11 is 6.20. The zero-order valence-electron chi connectivity index (χ0n) is 31.1. The summed E-state index contributed by atoms with van der Waals surface area (Å²) in [5, 5.41) is 4.81. The Balaban J connectivity index is 1.08. The van der Waals surface area contributed by atoms with Gasteiger partial charge >= 0.3 is 0 Å². The fourth-order valence-electron chi connectivity index (χ4n) is 8.35. The van der Waals surface area contributed by atoms with Gasteiger partial charge in [0, 0.05) is 73.0 Å². The molecule has 7 rings (SSSR count). The Kier molecular flexibility index (Phi) is 11.1. The van der Waals surface area contributed by atoms with Gasteiger partial charge in [-0.05, 0) is 80.0 Å². The zero-order chi connectivity index (χ0) is 37.9. The minimum atomic E-state index is -0.529. The molecule has 3 aromatic carbocycles. The van der Waals surface area contributed by atoms with Gasteiger partial charge in [0.05, 0.1) is 32.0 Å². The maximum absolute atomic E-state index is 14.3. The molecule has 0 saturated carbocycles. The smallest absolute Gasteiger partial charge is 0.254 e. The van der Waals surface area contributed by atoms with Crippen LogP contribution < -0.4 is 14.8 Å². The van der Waals surface area contributed by atoms with Gasteiger partial charge in [0.1, 0.15) is 0 Å². The first-order valence-corrected chi connectivity index (χ1v) is 19.2. The quantitative estimate of drug-likeness (QED) is 0.225. The summed E-state index contributed by atoms with van der Waals surface area (Å²) in [5.74, 6) is -0.0601. The average Bonchev–Trinajstić information content (AvgIpc) is 3.78. The average molecular weight is 754 g/mol. The summed E-state index contributed by atoms with van der Waals surface area (Å²) in [6.45, 7) is 6.46. The lowest BCUT2D eigenvalue weighted by atomic mass is 9.79. The monoisotopic (exact) mass is 753 g/mol. The van der Waals surface area contributed by atoms with Crippen LogP contribution in [0.2, 0.25) is 5.02 Å².